The smallest absolute Gasteiger partial charge is 0.416 e. The lowest BCUT2D eigenvalue weighted by atomic mass is 10.1. The van der Waals surface area contributed by atoms with Gasteiger partial charge in [-0.15, -0.1) is 0 Å². The third-order valence-electron chi connectivity index (χ3n) is 4.23. The topological polar surface area (TPSA) is 46.6 Å². The summed E-state index contributed by atoms with van der Waals surface area (Å²) in [5, 5.41) is 0. The molecule has 26 heavy (non-hydrogen) atoms. The Bertz CT molecular complexity index is 848. The van der Waals surface area contributed by atoms with Crippen LogP contribution in [0.15, 0.2) is 48.5 Å². The number of esters is 1. The van der Waals surface area contributed by atoms with Gasteiger partial charge in [-0.2, -0.15) is 13.2 Å². The van der Waals surface area contributed by atoms with Crippen LogP contribution in [0.3, 0.4) is 0 Å². The number of anilines is 1. The van der Waals surface area contributed by atoms with E-state index in [1.807, 2.05) is 31.2 Å². The van der Waals surface area contributed by atoms with Crippen molar-refractivity contribution in [3.8, 4) is 0 Å². The number of hydrogen-bond acceptors (Lipinski definition) is 3. The minimum atomic E-state index is -4.55. The van der Waals surface area contributed by atoms with E-state index in [9.17, 15) is 22.8 Å². The molecule has 1 amide bonds. The number of amides is 1. The summed E-state index contributed by atoms with van der Waals surface area (Å²) in [5.74, 6) is -1.38. The van der Waals surface area contributed by atoms with Crippen LogP contribution in [0.25, 0.3) is 0 Å². The van der Waals surface area contributed by atoms with Crippen LogP contribution in [0.2, 0.25) is 0 Å². The fourth-order valence-corrected chi connectivity index (χ4v) is 3.05. The van der Waals surface area contributed by atoms with E-state index < -0.39 is 30.2 Å². The molecule has 2 aromatic rings. The lowest BCUT2D eigenvalue weighted by Gasteiger charge is -2.22. The van der Waals surface area contributed by atoms with Gasteiger partial charge in [0.25, 0.3) is 5.91 Å². The van der Waals surface area contributed by atoms with Gasteiger partial charge in [0, 0.05) is 11.7 Å². The number of halogens is 3. The SMILES string of the molecule is C[C@@H]1Cc2ccccc2N1C(=O)COC(=O)c1cccc(C(F)(F)F)c1. The van der Waals surface area contributed by atoms with Gasteiger partial charge in [-0.1, -0.05) is 24.3 Å². The predicted molar refractivity (Wildman–Crippen MR) is 88.8 cm³/mol. The summed E-state index contributed by atoms with van der Waals surface area (Å²) in [6, 6.07) is 11.3. The Morgan fingerprint density at radius 1 is 1.15 bits per heavy atom. The first-order chi connectivity index (χ1) is 12.3. The van der Waals surface area contributed by atoms with Crippen molar-refractivity contribution in [2.75, 3.05) is 11.5 Å². The van der Waals surface area contributed by atoms with E-state index in [1.54, 1.807) is 4.90 Å². The molecule has 0 N–H and O–H groups in total. The lowest BCUT2D eigenvalue weighted by molar-refractivity contribution is -0.137. The van der Waals surface area contributed by atoms with Crippen LogP contribution in [0.5, 0.6) is 0 Å². The third kappa shape index (κ3) is 3.56. The molecule has 7 heteroatoms. The number of carbonyl (C=O) groups excluding carboxylic acids is 2. The van der Waals surface area contributed by atoms with Crippen LogP contribution in [0.4, 0.5) is 18.9 Å². The predicted octanol–water partition coefficient (Wildman–Crippen LogP) is 3.84. The van der Waals surface area contributed by atoms with E-state index in [-0.39, 0.29) is 11.6 Å². The minimum Gasteiger partial charge on any atom is -0.452 e. The highest BCUT2D eigenvalue weighted by Gasteiger charge is 2.32. The number of benzene rings is 2. The quantitative estimate of drug-likeness (QED) is 0.779. The monoisotopic (exact) mass is 363 g/mol. The summed E-state index contributed by atoms with van der Waals surface area (Å²) >= 11 is 0. The molecule has 2 aromatic carbocycles. The Labute approximate surface area is 148 Å². The van der Waals surface area contributed by atoms with Gasteiger partial charge >= 0.3 is 12.1 Å². The molecule has 0 saturated carbocycles. The van der Waals surface area contributed by atoms with E-state index in [2.05, 4.69) is 0 Å². The molecule has 0 radical (unpaired) electrons. The number of hydrogen-bond donors (Lipinski definition) is 0. The Balaban J connectivity index is 1.68. The number of nitrogens with zero attached hydrogens (tertiary/aromatic N) is 1. The number of fused-ring (bicyclic) bond motifs is 1. The molecule has 4 nitrogen and oxygen atoms in total. The summed E-state index contributed by atoms with van der Waals surface area (Å²) in [4.78, 5) is 26.0. The summed E-state index contributed by atoms with van der Waals surface area (Å²) < 4.78 is 43.1. The highest BCUT2D eigenvalue weighted by atomic mass is 19.4. The molecule has 1 atom stereocenters. The molecule has 0 spiro atoms. The Kier molecular flexibility index (Phi) is 4.71. The van der Waals surface area contributed by atoms with Crippen molar-refractivity contribution in [2.24, 2.45) is 0 Å². The van der Waals surface area contributed by atoms with Crippen LogP contribution in [-0.4, -0.2) is 24.5 Å². The molecule has 0 aliphatic carbocycles. The summed E-state index contributed by atoms with van der Waals surface area (Å²) in [5.41, 5.74) is 0.598. The zero-order chi connectivity index (χ0) is 18.9. The zero-order valence-electron chi connectivity index (χ0n) is 13.9. The first-order valence-electron chi connectivity index (χ1n) is 8.01. The highest BCUT2D eigenvalue weighted by Crippen LogP contribution is 2.32. The van der Waals surface area contributed by atoms with Crippen LogP contribution in [-0.2, 0) is 22.1 Å². The average molecular weight is 363 g/mol. The minimum absolute atomic E-state index is 0.0767. The zero-order valence-corrected chi connectivity index (χ0v) is 13.9. The van der Waals surface area contributed by atoms with Crippen molar-refractivity contribution in [1.82, 2.24) is 0 Å². The fraction of sp³-hybridized carbons (Fsp3) is 0.263. The van der Waals surface area contributed by atoms with Gasteiger partial charge in [-0.3, -0.25) is 4.79 Å². The Morgan fingerprint density at radius 3 is 2.62 bits per heavy atom. The van der Waals surface area contributed by atoms with E-state index >= 15 is 0 Å². The fourth-order valence-electron chi connectivity index (χ4n) is 3.05. The standard InChI is InChI=1S/C19H16F3NO3/c1-12-9-13-5-2-3-8-16(13)23(12)17(24)11-26-18(25)14-6-4-7-15(10-14)19(20,21)22/h2-8,10,12H,9,11H2,1H3/t12-/m1/s1. The maximum absolute atomic E-state index is 12.7. The molecule has 0 saturated heterocycles. The van der Waals surface area contributed by atoms with Crippen LogP contribution >= 0.6 is 0 Å². The van der Waals surface area contributed by atoms with Gasteiger partial charge in [-0.25, -0.2) is 4.79 Å². The lowest BCUT2D eigenvalue weighted by Crippen LogP contribution is -2.38. The Morgan fingerprint density at radius 2 is 1.88 bits per heavy atom. The van der Waals surface area contributed by atoms with E-state index in [1.165, 1.54) is 6.07 Å². The number of para-hydroxylation sites is 1. The van der Waals surface area contributed by atoms with Gasteiger partial charge in [-0.05, 0) is 43.2 Å². The third-order valence-corrected chi connectivity index (χ3v) is 4.23. The summed E-state index contributed by atoms with van der Waals surface area (Å²) in [6.45, 7) is 1.35. The molecule has 3 rings (SSSR count). The van der Waals surface area contributed by atoms with E-state index in [4.69, 9.17) is 4.74 Å². The molecule has 1 aliphatic heterocycles. The largest absolute Gasteiger partial charge is 0.452 e. The van der Waals surface area contributed by atoms with Crippen LogP contribution in [0, 0.1) is 0 Å². The van der Waals surface area contributed by atoms with Crippen molar-refractivity contribution < 1.29 is 27.5 Å². The molecule has 0 unspecified atom stereocenters. The molecular weight excluding hydrogens is 347 g/mol. The second-order valence-electron chi connectivity index (χ2n) is 6.10. The normalized spacial score (nSPS) is 16.3. The maximum atomic E-state index is 12.7. The summed E-state index contributed by atoms with van der Waals surface area (Å²) in [6.07, 6.45) is -3.86. The van der Waals surface area contributed by atoms with Crippen molar-refractivity contribution in [3.05, 3.63) is 65.2 Å². The maximum Gasteiger partial charge on any atom is 0.416 e. The van der Waals surface area contributed by atoms with Gasteiger partial charge in [0.1, 0.15) is 0 Å². The van der Waals surface area contributed by atoms with Crippen molar-refractivity contribution in [2.45, 2.75) is 25.6 Å². The van der Waals surface area contributed by atoms with Crippen molar-refractivity contribution in [1.29, 1.82) is 0 Å². The molecule has 0 aromatic heterocycles. The van der Waals surface area contributed by atoms with E-state index in [0.29, 0.717) is 12.5 Å². The number of alkyl halides is 3. The number of carbonyl (C=O) groups is 2. The molecule has 0 bridgehead atoms. The molecular formula is C19H16F3NO3. The summed E-state index contributed by atoms with van der Waals surface area (Å²) in [7, 11) is 0. The molecule has 136 valence electrons. The second kappa shape index (κ2) is 6.82. The molecule has 0 fully saturated rings. The highest BCUT2D eigenvalue weighted by molar-refractivity contribution is 5.99. The molecule has 1 heterocycles. The van der Waals surface area contributed by atoms with Gasteiger partial charge in [0.15, 0.2) is 6.61 Å². The Hall–Kier alpha value is -2.83. The number of rotatable bonds is 3. The van der Waals surface area contributed by atoms with Crippen LogP contribution in [0.1, 0.15) is 28.4 Å². The van der Waals surface area contributed by atoms with Crippen LogP contribution < -0.4 is 4.90 Å². The van der Waals surface area contributed by atoms with Gasteiger partial charge < -0.3 is 9.64 Å². The molecule has 1 aliphatic rings. The van der Waals surface area contributed by atoms with Crippen molar-refractivity contribution in [3.63, 3.8) is 0 Å². The van der Waals surface area contributed by atoms with Crippen molar-refractivity contribution >= 4 is 17.6 Å². The van der Waals surface area contributed by atoms with E-state index in [0.717, 1.165) is 23.4 Å². The number of ether oxygens (including phenoxy) is 1. The van der Waals surface area contributed by atoms with Gasteiger partial charge in [0.05, 0.1) is 11.1 Å². The average Bonchev–Trinajstić information content (AvgIpc) is 2.94. The van der Waals surface area contributed by atoms with Gasteiger partial charge in [0.2, 0.25) is 0 Å². The second-order valence-corrected chi connectivity index (χ2v) is 6.10. The first-order valence-corrected chi connectivity index (χ1v) is 8.01. The first kappa shape index (κ1) is 18.0.